The number of nitrogens with zero attached hydrogens (tertiary/aromatic N) is 2. The lowest BCUT2D eigenvalue weighted by atomic mass is 10.7. The molecule has 0 aliphatic rings. The first-order chi connectivity index (χ1) is 5.68. The van der Waals surface area contributed by atoms with Crippen LogP contribution in [0, 0.1) is 0 Å². The van der Waals surface area contributed by atoms with Gasteiger partial charge in [-0.1, -0.05) is 0 Å². The van der Waals surface area contributed by atoms with Crippen molar-refractivity contribution in [2.75, 3.05) is 5.43 Å². The Kier molecular flexibility index (Phi) is 2.98. The molecule has 5 nitrogen and oxygen atoms in total. The highest BCUT2D eigenvalue weighted by Gasteiger charge is 1.94. The number of hydrogen-bond acceptors (Lipinski definition) is 4. The summed E-state index contributed by atoms with van der Waals surface area (Å²) in [6.07, 6.45) is 3.16. The Morgan fingerprint density at radius 2 is 2.08 bits per heavy atom. The van der Waals surface area contributed by atoms with Crippen molar-refractivity contribution < 1.29 is 4.79 Å². The van der Waals surface area contributed by atoms with Crippen molar-refractivity contribution in [3.8, 4) is 0 Å². The van der Waals surface area contributed by atoms with E-state index in [1.165, 1.54) is 6.92 Å². The topological polar surface area (TPSA) is 66.9 Å². The summed E-state index contributed by atoms with van der Waals surface area (Å²) in [5.74, 6) is 0.162. The smallest absolute Gasteiger partial charge is 0.241 e. The Bertz CT molecular complexity index is 273. The molecule has 0 saturated heterocycles. The van der Waals surface area contributed by atoms with E-state index >= 15 is 0 Å². The molecule has 1 aromatic heterocycles. The van der Waals surface area contributed by atoms with Crippen molar-refractivity contribution in [2.45, 2.75) is 6.92 Å². The summed E-state index contributed by atoms with van der Waals surface area (Å²) in [5.41, 5.74) is 4.88. The quantitative estimate of drug-likeness (QED) is 0.735. The van der Waals surface area contributed by atoms with Gasteiger partial charge in [-0.15, -0.1) is 0 Å². The van der Waals surface area contributed by atoms with Gasteiger partial charge in [0, 0.05) is 19.3 Å². The number of aromatic nitrogens is 2. The largest absolute Gasteiger partial charge is 0.274 e. The second kappa shape index (κ2) is 4.01. The molecule has 12 heavy (non-hydrogen) atoms. The highest BCUT2D eigenvalue weighted by Crippen LogP contribution is 2.05. The molecule has 0 unspecified atom stereocenters. The lowest BCUT2D eigenvalue weighted by Gasteiger charge is -2.02. The molecular formula is C6H7BrN4O. The van der Waals surface area contributed by atoms with E-state index in [9.17, 15) is 4.79 Å². The van der Waals surface area contributed by atoms with Crippen LogP contribution in [-0.2, 0) is 4.79 Å². The molecule has 0 fully saturated rings. The Hall–Kier alpha value is -1.17. The van der Waals surface area contributed by atoms with Crippen LogP contribution >= 0.6 is 15.9 Å². The van der Waals surface area contributed by atoms with Crippen LogP contribution in [0.2, 0.25) is 0 Å². The van der Waals surface area contributed by atoms with Gasteiger partial charge in [-0.3, -0.25) is 15.6 Å². The summed E-state index contributed by atoms with van der Waals surface area (Å²) in [4.78, 5) is 18.2. The monoisotopic (exact) mass is 230 g/mol. The highest BCUT2D eigenvalue weighted by molar-refractivity contribution is 9.10. The van der Waals surface area contributed by atoms with Gasteiger partial charge in [-0.25, -0.2) is 9.97 Å². The molecule has 6 heteroatoms. The molecule has 0 aliphatic carbocycles. The highest BCUT2D eigenvalue weighted by atomic mass is 79.9. The average molecular weight is 231 g/mol. The number of amides is 1. The summed E-state index contributed by atoms with van der Waals surface area (Å²) < 4.78 is 0.788. The van der Waals surface area contributed by atoms with Gasteiger partial charge in [0.05, 0.1) is 4.47 Å². The van der Waals surface area contributed by atoms with E-state index in [1.807, 2.05) is 0 Å². The molecule has 1 aromatic rings. The van der Waals surface area contributed by atoms with Gasteiger partial charge in [0.2, 0.25) is 11.9 Å². The number of rotatable bonds is 2. The van der Waals surface area contributed by atoms with Crippen LogP contribution in [0.5, 0.6) is 0 Å². The average Bonchev–Trinajstić information content (AvgIpc) is 2.03. The van der Waals surface area contributed by atoms with Crippen molar-refractivity contribution in [3.05, 3.63) is 16.9 Å². The van der Waals surface area contributed by atoms with E-state index in [2.05, 4.69) is 36.7 Å². The molecular weight excluding hydrogens is 224 g/mol. The fraction of sp³-hybridized carbons (Fsp3) is 0.167. The molecule has 0 spiro atoms. The van der Waals surface area contributed by atoms with E-state index in [4.69, 9.17) is 0 Å². The van der Waals surface area contributed by atoms with Gasteiger partial charge in [0.15, 0.2) is 0 Å². The summed E-state index contributed by atoms with van der Waals surface area (Å²) in [7, 11) is 0. The number of hydrogen-bond donors (Lipinski definition) is 2. The minimum atomic E-state index is -0.193. The summed E-state index contributed by atoms with van der Waals surface area (Å²) in [6.45, 7) is 1.39. The van der Waals surface area contributed by atoms with E-state index in [-0.39, 0.29) is 5.91 Å². The second-order valence-electron chi connectivity index (χ2n) is 2.03. The molecule has 1 rings (SSSR count). The van der Waals surface area contributed by atoms with Crippen molar-refractivity contribution in [3.63, 3.8) is 0 Å². The molecule has 0 aromatic carbocycles. The molecule has 2 N–H and O–H groups in total. The van der Waals surface area contributed by atoms with Crippen LogP contribution in [0.1, 0.15) is 6.92 Å². The van der Waals surface area contributed by atoms with Crippen LogP contribution < -0.4 is 10.9 Å². The molecule has 0 bridgehead atoms. The fourth-order valence-corrected chi connectivity index (χ4v) is 0.726. The number of halogens is 1. The molecule has 1 amide bonds. The Balaban J connectivity index is 2.53. The van der Waals surface area contributed by atoms with Crippen molar-refractivity contribution >= 4 is 27.8 Å². The first-order valence-electron chi connectivity index (χ1n) is 3.18. The Morgan fingerprint density at radius 1 is 1.50 bits per heavy atom. The molecule has 0 radical (unpaired) electrons. The maximum Gasteiger partial charge on any atom is 0.241 e. The third kappa shape index (κ3) is 2.83. The van der Waals surface area contributed by atoms with E-state index in [0.717, 1.165) is 4.47 Å². The number of hydrazine groups is 1. The maximum absolute atomic E-state index is 10.4. The predicted octanol–water partition coefficient (Wildman–Crippen LogP) is 0.702. The zero-order chi connectivity index (χ0) is 8.97. The first kappa shape index (κ1) is 8.92. The standard InChI is InChI=1S/C6H7BrN4O/c1-4(12)10-11-6-8-2-5(7)3-9-6/h2-3H,1H3,(H,10,12)(H,8,9,11). The van der Waals surface area contributed by atoms with Gasteiger partial charge >= 0.3 is 0 Å². The number of carbonyl (C=O) groups is 1. The zero-order valence-electron chi connectivity index (χ0n) is 6.34. The molecule has 0 aliphatic heterocycles. The second-order valence-corrected chi connectivity index (χ2v) is 2.95. The normalized spacial score (nSPS) is 9.17. The third-order valence-electron chi connectivity index (χ3n) is 0.971. The van der Waals surface area contributed by atoms with Gasteiger partial charge in [-0.05, 0) is 15.9 Å². The van der Waals surface area contributed by atoms with Gasteiger partial charge < -0.3 is 0 Å². The van der Waals surface area contributed by atoms with E-state index in [0.29, 0.717) is 5.95 Å². The van der Waals surface area contributed by atoms with Crippen LogP contribution in [0.4, 0.5) is 5.95 Å². The minimum absolute atomic E-state index is 0.193. The maximum atomic E-state index is 10.4. The predicted molar refractivity (Wildman–Crippen MR) is 47.2 cm³/mol. The Labute approximate surface area is 77.7 Å². The van der Waals surface area contributed by atoms with Gasteiger partial charge in [0.25, 0.3) is 0 Å². The minimum Gasteiger partial charge on any atom is -0.274 e. The summed E-state index contributed by atoms with van der Waals surface area (Å²) in [5, 5.41) is 0. The fourth-order valence-electron chi connectivity index (χ4n) is 0.521. The van der Waals surface area contributed by atoms with Crippen LogP contribution in [0.25, 0.3) is 0 Å². The lowest BCUT2D eigenvalue weighted by Crippen LogP contribution is -2.27. The van der Waals surface area contributed by atoms with E-state index in [1.54, 1.807) is 12.4 Å². The lowest BCUT2D eigenvalue weighted by molar-refractivity contribution is -0.118. The van der Waals surface area contributed by atoms with Crippen LogP contribution in [-0.4, -0.2) is 15.9 Å². The SMILES string of the molecule is CC(=O)NNc1ncc(Br)cn1. The molecule has 0 saturated carbocycles. The first-order valence-corrected chi connectivity index (χ1v) is 3.98. The van der Waals surface area contributed by atoms with Crippen molar-refractivity contribution in [2.24, 2.45) is 0 Å². The van der Waals surface area contributed by atoms with E-state index < -0.39 is 0 Å². The summed E-state index contributed by atoms with van der Waals surface area (Å²) in [6, 6.07) is 0. The third-order valence-corrected chi connectivity index (χ3v) is 1.38. The Morgan fingerprint density at radius 3 is 2.58 bits per heavy atom. The van der Waals surface area contributed by atoms with Crippen LogP contribution in [0.15, 0.2) is 16.9 Å². The van der Waals surface area contributed by atoms with Crippen molar-refractivity contribution in [1.29, 1.82) is 0 Å². The van der Waals surface area contributed by atoms with Crippen LogP contribution in [0.3, 0.4) is 0 Å². The molecule has 0 atom stereocenters. The number of anilines is 1. The zero-order valence-corrected chi connectivity index (χ0v) is 7.92. The number of carbonyl (C=O) groups excluding carboxylic acids is 1. The number of nitrogens with one attached hydrogen (secondary N) is 2. The molecule has 1 heterocycles. The molecule has 64 valence electrons. The summed E-state index contributed by atoms with van der Waals surface area (Å²) >= 11 is 3.19. The van der Waals surface area contributed by atoms with Gasteiger partial charge in [-0.2, -0.15) is 0 Å². The van der Waals surface area contributed by atoms with Crippen molar-refractivity contribution in [1.82, 2.24) is 15.4 Å². The van der Waals surface area contributed by atoms with Gasteiger partial charge in [0.1, 0.15) is 0 Å².